The number of benzene rings is 2. The molecule has 134 valence electrons. The van der Waals surface area contributed by atoms with E-state index in [4.69, 9.17) is 9.47 Å². The molecule has 2 rings (SSSR count). The van der Waals surface area contributed by atoms with Gasteiger partial charge in [-0.2, -0.15) is 0 Å². The predicted molar refractivity (Wildman–Crippen MR) is 100 cm³/mol. The molecule has 1 N–H and O–H groups in total. The van der Waals surface area contributed by atoms with E-state index in [2.05, 4.69) is 17.4 Å². The maximum atomic E-state index is 12.3. The van der Waals surface area contributed by atoms with Gasteiger partial charge in [0.15, 0.2) is 11.5 Å². The van der Waals surface area contributed by atoms with E-state index >= 15 is 0 Å². The van der Waals surface area contributed by atoms with Crippen LogP contribution in [0.5, 0.6) is 11.5 Å². The molecule has 4 nitrogen and oxygen atoms in total. The van der Waals surface area contributed by atoms with Crippen molar-refractivity contribution in [3.63, 3.8) is 0 Å². The quantitative estimate of drug-likeness (QED) is 0.795. The first-order valence-corrected chi connectivity index (χ1v) is 8.49. The Morgan fingerprint density at radius 3 is 2.28 bits per heavy atom. The Morgan fingerprint density at radius 1 is 0.960 bits per heavy atom. The van der Waals surface area contributed by atoms with Crippen LogP contribution in [0.2, 0.25) is 0 Å². The van der Waals surface area contributed by atoms with Crippen LogP contribution >= 0.6 is 0 Å². The molecule has 0 aromatic heterocycles. The lowest BCUT2D eigenvalue weighted by atomic mass is 9.94. The van der Waals surface area contributed by atoms with Crippen molar-refractivity contribution >= 4 is 5.91 Å². The van der Waals surface area contributed by atoms with E-state index in [9.17, 15) is 4.79 Å². The van der Waals surface area contributed by atoms with Crippen LogP contribution in [0.15, 0.2) is 48.5 Å². The van der Waals surface area contributed by atoms with Gasteiger partial charge in [-0.1, -0.05) is 36.4 Å². The summed E-state index contributed by atoms with van der Waals surface area (Å²) in [6.07, 6.45) is 1.90. The standard InChI is InChI=1S/C21H27NO3/c1-21(2,15-17-8-6-5-7-9-17)22-20(23)13-11-16-10-12-18(24-3)19(14-16)25-4/h5-10,12,14H,11,13,15H2,1-4H3,(H,22,23). The molecular formula is C21H27NO3. The SMILES string of the molecule is COc1ccc(CCC(=O)NC(C)(C)Cc2ccccc2)cc1OC. The van der Waals surface area contributed by atoms with Crippen LogP contribution in [0.3, 0.4) is 0 Å². The topological polar surface area (TPSA) is 47.6 Å². The minimum atomic E-state index is -0.282. The smallest absolute Gasteiger partial charge is 0.220 e. The Balaban J connectivity index is 1.89. The Kier molecular flexibility index (Phi) is 6.45. The van der Waals surface area contributed by atoms with Crippen molar-refractivity contribution in [3.05, 3.63) is 59.7 Å². The van der Waals surface area contributed by atoms with Crippen molar-refractivity contribution in [2.75, 3.05) is 14.2 Å². The first kappa shape index (κ1) is 18.8. The average Bonchev–Trinajstić information content (AvgIpc) is 2.59. The van der Waals surface area contributed by atoms with E-state index < -0.39 is 0 Å². The molecule has 25 heavy (non-hydrogen) atoms. The number of aryl methyl sites for hydroxylation is 1. The third kappa shape index (κ3) is 5.82. The minimum Gasteiger partial charge on any atom is -0.493 e. The highest BCUT2D eigenvalue weighted by Gasteiger charge is 2.20. The van der Waals surface area contributed by atoms with Gasteiger partial charge in [0.1, 0.15) is 0 Å². The fourth-order valence-corrected chi connectivity index (χ4v) is 2.88. The molecule has 0 aliphatic heterocycles. The minimum absolute atomic E-state index is 0.0516. The van der Waals surface area contributed by atoms with Gasteiger partial charge in [0.25, 0.3) is 0 Å². The summed E-state index contributed by atoms with van der Waals surface area (Å²) in [4.78, 5) is 12.3. The molecule has 0 bridgehead atoms. The number of hydrogen-bond donors (Lipinski definition) is 1. The number of methoxy groups -OCH3 is 2. The number of ether oxygens (including phenoxy) is 2. The molecule has 2 aromatic rings. The van der Waals surface area contributed by atoms with Gasteiger partial charge in [0, 0.05) is 12.0 Å². The Bertz CT molecular complexity index is 696. The van der Waals surface area contributed by atoms with Crippen LogP contribution in [0.25, 0.3) is 0 Å². The summed E-state index contributed by atoms with van der Waals surface area (Å²) in [5.74, 6) is 1.43. The fraction of sp³-hybridized carbons (Fsp3) is 0.381. The van der Waals surface area contributed by atoms with E-state index in [0.717, 1.165) is 12.0 Å². The summed E-state index contributed by atoms with van der Waals surface area (Å²) >= 11 is 0. The third-order valence-corrected chi connectivity index (χ3v) is 4.06. The van der Waals surface area contributed by atoms with Crippen molar-refractivity contribution in [1.82, 2.24) is 5.32 Å². The highest BCUT2D eigenvalue weighted by atomic mass is 16.5. The highest BCUT2D eigenvalue weighted by molar-refractivity contribution is 5.77. The van der Waals surface area contributed by atoms with Crippen LogP contribution in [0.4, 0.5) is 0 Å². The average molecular weight is 341 g/mol. The zero-order chi connectivity index (χ0) is 18.3. The molecule has 1 amide bonds. The maximum absolute atomic E-state index is 12.3. The van der Waals surface area contributed by atoms with Crippen molar-refractivity contribution in [2.24, 2.45) is 0 Å². The molecule has 0 spiro atoms. The molecule has 0 unspecified atom stereocenters. The summed E-state index contributed by atoms with van der Waals surface area (Å²) in [6.45, 7) is 4.10. The number of rotatable bonds is 8. The monoisotopic (exact) mass is 341 g/mol. The molecule has 0 radical (unpaired) electrons. The van der Waals surface area contributed by atoms with E-state index in [0.29, 0.717) is 24.3 Å². The lowest BCUT2D eigenvalue weighted by Crippen LogP contribution is -2.45. The number of hydrogen-bond acceptors (Lipinski definition) is 3. The van der Waals surface area contributed by atoms with Gasteiger partial charge >= 0.3 is 0 Å². The zero-order valence-corrected chi connectivity index (χ0v) is 15.5. The number of carbonyl (C=O) groups excluding carboxylic acids is 1. The second kappa shape index (κ2) is 8.56. The third-order valence-electron chi connectivity index (χ3n) is 4.06. The van der Waals surface area contributed by atoms with Crippen LogP contribution in [-0.4, -0.2) is 25.7 Å². The summed E-state index contributed by atoms with van der Waals surface area (Å²) in [5, 5.41) is 3.13. The molecule has 0 heterocycles. The van der Waals surface area contributed by atoms with Gasteiger partial charge in [-0.05, 0) is 49.9 Å². The summed E-state index contributed by atoms with van der Waals surface area (Å²) in [6, 6.07) is 15.9. The van der Waals surface area contributed by atoms with E-state index in [-0.39, 0.29) is 11.4 Å². The molecule has 0 saturated heterocycles. The number of amides is 1. The van der Waals surface area contributed by atoms with Gasteiger partial charge < -0.3 is 14.8 Å². The molecule has 0 atom stereocenters. The predicted octanol–water partition coefficient (Wildman–Crippen LogP) is 3.77. The molecule has 0 aliphatic carbocycles. The van der Waals surface area contributed by atoms with Gasteiger partial charge in [-0.25, -0.2) is 0 Å². The van der Waals surface area contributed by atoms with E-state index in [1.807, 2.05) is 50.2 Å². The van der Waals surface area contributed by atoms with Gasteiger partial charge in [-0.15, -0.1) is 0 Å². The molecule has 0 fully saturated rings. The fourth-order valence-electron chi connectivity index (χ4n) is 2.88. The summed E-state index contributed by atoms with van der Waals surface area (Å²) in [5.41, 5.74) is 1.98. The molecular weight excluding hydrogens is 314 g/mol. The van der Waals surface area contributed by atoms with Gasteiger partial charge in [-0.3, -0.25) is 4.79 Å². The number of nitrogens with one attached hydrogen (secondary N) is 1. The second-order valence-electron chi connectivity index (χ2n) is 6.78. The normalized spacial score (nSPS) is 11.0. The van der Waals surface area contributed by atoms with Gasteiger partial charge in [0.05, 0.1) is 14.2 Å². The zero-order valence-electron chi connectivity index (χ0n) is 15.5. The van der Waals surface area contributed by atoms with Crippen molar-refractivity contribution < 1.29 is 14.3 Å². The van der Waals surface area contributed by atoms with Crippen molar-refractivity contribution in [1.29, 1.82) is 0 Å². The maximum Gasteiger partial charge on any atom is 0.220 e. The Morgan fingerprint density at radius 2 is 1.64 bits per heavy atom. The Labute approximate surface area is 150 Å². The first-order chi connectivity index (χ1) is 11.9. The van der Waals surface area contributed by atoms with Crippen molar-refractivity contribution in [2.45, 2.75) is 38.6 Å². The molecule has 0 saturated carbocycles. The first-order valence-electron chi connectivity index (χ1n) is 8.49. The lowest BCUT2D eigenvalue weighted by Gasteiger charge is -2.26. The molecule has 4 heteroatoms. The molecule has 2 aromatic carbocycles. The van der Waals surface area contributed by atoms with Crippen LogP contribution in [0.1, 0.15) is 31.4 Å². The number of carbonyl (C=O) groups is 1. The van der Waals surface area contributed by atoms with Crippen LogP contribution < -0.4 is 14.8 Å². The Hall–Kier alpha value is -2.49. The largest absolute Gasteiger partial charge is 0.493 e. The summed E-state index contributed by atoms with van der Waals surface area (Å²) < 4.78 is 10.5. The second-order valence-corrected chi connectivity index (χ2v) is 6.78. The lowest BCUT2D eigenvalue weighted by molar-refractivity contribution is -0.122. The van der Waals surface area contributed by atoms with Crippen LogP contribution in [-0.2, 0) is 17.6 Å². The van der Waals surface area contributed by atoms with E-state index in [1.165, 1.54) is 5.56 Å². The molecule has 0 aliphatic rings. The van der Waals surface area contributed by atoms with Crippen LogP contribution in [0, 0.1) is 0 Å². The highest BCUT2D eigenvalue weighted by Crippen LogP contribution is 2.28. The summed E-state index contributed by atoms with van der Waals surface area (Å²) in [7, 11) is 3.22. The van der Waals surface area contributed by atoms with E-state index in [1.54, 1.807) is 14.2 Å². The van der Waals surface area contributed by atoms with Crippen molar-refractivity contribution in [3.8, 4) is 11.5 Å². The van der Waals surface area contributed by atoms with Gasteiger partial charge in [0.2, 0.25) is 5.91 Å².